The number of carbonyl (C=O) groups is 2. The zero-order valence-electron chi connectivity index (χ0n) is 17.9. The molecule has 2 atom stereocenters. The Balaban J connectivity index is 0.000000244. The number of fused-ring (bicyclic) bond motifs is 1. The van der Waals surface area contributed by atoms with Crippen molar-refractivity contribution in [1.29, 1.82) is 0 Å². The lowest BCUT2D eigenvalue weighted by atomic mass is 10.0. The topological polar surface area (TPSA) is 81.1 Å². The first-order valence-corrected chi connectivity index (χ1v) is 10.4. The number of likely N-dealkylation sites (tertiary alicyclic amines) is 2. The van der Waals surface area contributed by atoms with Crippen molar-refractivity contribution < 1.29 is 50.5 Å². The molecule has 1 aromatic rings. The minimum Gasteiger partial charge on any atom is -0.475 e. The average Bonchev–Trinajstić information content (AvgIpc) is 3.31. The van der Waals surface area contributed by atoms with Crippen LogP contribution in [0.5, 0.6) is 0 Å². The first-order chi connectivity index (χ1) is 15.6. The molecule has 2 unspecified atom stereocenters. The van der Waals surface area contributed by atoms with Crippen molar-refractivity contribution >= 4 is 11.9 Å². The third kappa shape index (κ3) is 9.45. The zero-order valence-corrected chi connectivity index (χ0v) is 17.9. The van der Waals surface area contributed by atoms with Crippen molar-refractivity contribution in [2.45, 2.75) is 31.7 Å². The number of carboxylic acid groups (broad SMARTS) is 2. The predicted octanol–water partition coefficient (Wildman–Crippen LogP) is 3.87. The second kappa shape index (κ2) is 11.3. The molecule has 192 valence electrons. The van der Waals surface area contributed by atoms with Crippen LogP contribution in [0, 0.1) is 23.6 Å². The Labute approximate surface area is 190 Å². The summed E-state index contributed by atoms with van der Waals surface area (Å²) in [5.41, 5.74) is 1.11. The fraction of sp³-hybridized carbons (Fsp3) is 0.619. The Morgan fingerprint density at radius 3 is 1.68 bits per heavy atom. The van der Waals surface area contributed by atoms with E-state index in [0.29, 0.717) is 0 Å². The lowest BCUT2D eigenvalue weighted by Gasteiger charge is -2.21. The smallest absolute Gasteiger partial charge is 0.475 e. The largest absolute Gasteiger partial charge is 0.490 e. The van der Waals surface area contributed by atoms with Gasteiger partial charge in [-0.1, -0.05) is 12.1 Å². The molecule has 6 nitrogen and oxygen atoms in total. The minimum atomic E-state index is -5.08. The number of carboxylic acids is 2. The molecule has 34 heavy (non-hydrogen) atoms. The Morgan fingerprint density at radius 1 is 0.853 bits per heavy atom. The third-order valence-electron chi connectivity index (χ3n) is 5.63. The summed E-state index contributed by atoms with van der Waals surface area (Å²) in [7, 11) is 0. The second-order valence-corrected chi connectivity index (χ2v) is 8.61. The van der Waals surface area contributed by atoms with E-state index in [1.165, 1.54) is 51.6 Å². The van der Waals surface area contributed by atoms with Gasteiger partial charge in [-0.05, 0) is 48.3 Å². The Kier molecular flexibility index (Phi) is 9.29. The van der Waals surface area contributed by atoms with Crippen molar-refractivity contribution in [2.75, 3.05) is 32.7 Å². The molecule has 0 spiro atoms. The highest BCUT2D eigenvalue weighted by Crippen LogP contribution is 2.36. The molecule has 1 aliphatic carbocycles. The van der Waals surface area contributed by atoms with E-state index in [0.717, 1.165) is 29.9 Å². The molecule has 1 saturated carbocycles. The highest BCUT2D eigenvalue weighted by molar-refractivity contribution is 5.73. The van der Waals surface area contributed by atoms with Crippen LogP contribution in [0.3, 0.4) is 0 Å². The molecule has 2 heterocycles. The van der Waals surface area contributed by atoms with Gasteiger partial charge in [0, 0.05) is 39.3 Å². The van der Waals surface area contributed by atoms with Crippen LogP contribution >= 0.6 is 0 Å². The lowest BCUT2D eigenvalue weighted by molar-refractivity contribution is -0.193. The molecule has 2 N–H and O–H groups in total. The fourth-order valence-corrected chi connectivity index (χ4v) is 4.02. The van der Waals surface area contributed by atoms with Crippen LogP contribution in [0.15, 0.2) is 24.3 Å². The maximum atomic E-state index is 13.2. The molecule has 0 radical (unpaired) electrons. The number of aliphatic carboxylic acids is 2. The molecular weight excluding hydrogens is 477 g/mol. The van der Waals surface area contributed by atoms with Crippen molar-refractivity contribution in [2.24, 2.45) is 17.8 Å². The molecule has 3 aliphatic rings. The molecule has 2 aliphatic heterocycles. The van der Waals surface area contributed by atoms with Gasteiger partial charge >= 0.3 is 24.3 Å². The number of benzene rings is 1. The molecule has 4 rings (SSSR count). The molecule has 13 heteroatoms. The van der Waals surface area contributed by atoms with E-state index in [-0.39, 0.29) is 5.82 Å². The van der Waals surface area contributed by atoms with E-state index < -0.39 is 24.3 Å². The molecule has 0 aromatic heterocycles. The number of rotatable bonds is 4. The Hall–Kier alpha value is -2.41. The van der Waals surface area contributed by atoms with Gasteiger partial charge in [0.25, 0.3) is 0 Å². The first kappa shape index (κ1) is 27.8. The van der Waals surface area contributed by atoms with Gasteiger partial charge in [-0.25, -0.2) is 14.0 Å². The average molecular weight is 502 g/mol. The molecule has 0 amide bonds. The number of halogens is 7. The number of nitrogens with zero attached hydrogens (tertiary/aromatic N) is 2. The monoisotopic (exact) mass is 502 g/mol. The molecular formula is C21H25F7N2O4. The van der Waals surface area contributed by atoms with Crippen LogP contribution in [-0.4, -0.2) is 77.0 Å². The van der Waals surface area contributed by atoms with Gasteiger partial charge in [0.15, 0.2) is 0 Å². The van der Waals surface area contributed by atoms with E-state index in [1.54, 1.807) is 6.07 Å². The number of alkyl halides is 6. The third-order valence-corrected chi connectivity index (χ3v) is 5.63. The van der Waals surface area contributed by atoms with E-state index in [2.05, 4.69) is 9.80 Å². The summed E-state index contributed by atoms with van der Waals surface area (Å²) >= 11 is 0. The van der Waals surface area contributed by atoms with E-state index >= 15 is 0 Å². The van der Waals surface area contributed by atoms with Gasteiger partial charge in [0.2, 0.25) is 0 Å². The van der Waals surface area contributed by atoms with Crippen LogP contribution in [-0.2, 0) is 16.1 Å². The normalized spacial score (nSPS) is 22.8. The summed E-state index contributed by atoms with van der Waals surface area (Å²) in [5.74, 6) is -2.92. The lowest BCUT2D eigenvalue weighted by Crippen LogP contribution is -2.29. The van der Waals surface area contributed by atoms with Crippen molar-refractivity contribution in [3.63, 3.8) is 0 Å². The molecule has 1 aromatic carbocycles. The fourth-order valence-electron chi connectivity index (χ4n) is 4.02. The maximum absolute atomic E-state index is 13.2. The number of hydrogen-bond acceptors (Lipinski definition) is 4. The van der Waals surface area contributed by atoms with Crippen molar-refractivity contribution in [1.82, 2.24) is 9.80 Å². The SMILES string of the molecule is Fc1cccc(CN2CC3CN(CC4CC4)CC3C2)c1.O=C(O)C(F)(F)F.O=C(O)C(F)(F)F. The zero-order chi connectivity index (χ0) is 25.7. The predicted molar refractivity (Wildman–Crippen MR) is 105 cm³/mol. The van der Waals surface area contributed by atoms with Gasteiger partial charge < -0.3 is 15.1 Å². The quantitative estimate of drug-likeness (QED) is 0.609. The maximum Gasteiger partial charge on any atom is 0.490 e. The summed E-state index contributed by atoms with van der Waals surface area (Å²) in [5, 5.41) is 14.2. The van der Waals surface area contributed by atoms with Gasteiger partial charge in [-0.15, -0.1) is 0 Å². The highest BCUT2D eigenvalue weighted by atomic mass is 19.4. The van der Waals surface area contributed by atoms with Crippen LogP contribution in [0.25, 0.3) is 0 Å². The van der Waals surface area contributed by atoms with Crippen LogP contribution in [0.4, 0.5) is 30.7 Å². The standard InChI is InChI=1S/C17H23FN2.2C2HF3O2/c18-17-3-1-2-14(6-17)8-20-11-15-9-19(7-13-4-5-13)10-16(15)12-20;2*3-2(4,5)1(6)7/h1-3,6,13,15-16H,4-5,7-12H2;2*(H,6,7). The Morgan fingerprint density at radius 2 is 1.29 bits per heavy atom. The van der Waals surface area contributed by atoms with Gasteiger partial charge in [-0.2, -0.15) is 26.3 Å². The summed E-state index contributed by atoms with van der Waals surface area (Å²) in [6.45, 7) is 7.23. The number of hydrogen-bond donors (Lipinski definition) is 2. The first-order valence-electron chi connectivity index (χ1n) is 10.4. The van der Waals surface area contributed by atoms with E-state index in [4.69, 9.17) is 19.8 Å². The van der Waals surface area contributed by atoms with Gasteiger partial charge in [0.05, 0.1) is 0 Å². The van der Waals surface area contributed by atoms with Crippen molar-refractivity contribution in [3.05, 3.63) is 35.6 Å². The Bertz CT molecular complexity index is 805. The van der Waals surface area contributed by atoms with Crippen LogP contribution < -0.4 is 0 Å². The van der Waals surface area contributed by atoms with Gasteiger partial charge in [0.1, 0.15) is 5.82 Å². The second-order valence-electron chi connectivity index (χ2n) is 8.61. The molecule has 3 fully saturated rings. The summed E-state index contributed by atoms with van der Waals surface area (Å²) in [6.07, 6.45) is -7.25. The van der Waals surface area contributed by atoms with E-state index in [9.17, 15) is 30.7 Å². The summed E-state index contributed by atoms with van der Waals surface area (Å²) < 4.78 is 76.7. The van der Waals surface area contributed by atoms with Crippen LogP contribution in [0.1, 0.15) is 18.4 Å². The molecule has 0 bridgehead atoms. The van der Waals surface area contributed by atoms with Gasteiger partial charge in [-0.3, -0.25) is 4.90 Å². The van der Waals surface area contributed by atoms with E-state index in [1.807, 2.05) is 12.1 Å². The minimum absolute atomic E-state index is 0.113. The molecule has 2 saturated heterocycles. The van der Waals surface area contributed by atoms with Crippen molar-refractivity contribution in [3.8, 4) is 0 Å². The van der Waals surface area contributed by atoms with Crippen LogP contribution in [0.2, 0.25) is 0 Å². The highest BCUT2D eigenvalue weighted by Gasteiger charge is 2.41. The summed E-state index contributed by atoms with van der Waals surface area (Å²) in [6, 6.07) is 7.06. The summed E-state index contributed by atoms with van der Waals surface area (Å²) in [4.78, 5) is 23.0.